The van der Waals surface area contributed by atoms with Crippen molar-refractivity contribution in [3.8, 4) is 0 Å². The van der Waals surface area contributed by atoms with Crippen molar-refractivity contribution in [2.75, 3.05) is 33.2 Å². The Hall–Kier alpha value is -0.610. The van der Waals surface area contributed by atoms with E-state index >= 15 is 0 Å². The van der Waals surface area contributed by atoms with Gasteiger partial charge < -0.3 is 14.9 Å². The fraction of sp³-hybridized carbons (Fsp3) is 0.917. The first kappa shape index (κ1) is 13.5. The second-order valence-corrected chi connectivity index (χ2v) is 4.72. The van der Waals surface area contributed by atoms with Gasteiger partial charge in [0.15, 0.2) is 0 Å². The van der Waals surface area contributed by atoms with E-state index in [2.05, 4.69) is 16.7 Å². The Bertz CT molecular complexity index is 219. The molecule has 1 heterocycles. The van der Waals surface area contributed by atoms with E-state index in [1.807, 2.05) is 7.05 Å². The van der Waals surface area contributed by atoms with Crippen LogP contribution in [0.3, 0.4) is 0 Å². The molecule has 1 atom stereocenters. The summed E-state index contributed by atoms with van der Waals surface area (Å²) >= 11 is 0. The van der Waals surface area contributed by atoms with Crippen LogP contribution in [0.25, 0.3) is 0 Å². The third-order valence-corrected chi connectivity index (χ3v) is 3.32. The average molecular weight is 228 g/mol. The van der Waals surface area contributed by atoms with Crippen LogP contribution in [0.1, 0.15) is 32.6 Å². The molecule has 94 valence electrons. The van der Waals surface area contributed by atoms with Crippen molar-refractivity contribution in [2.24, 2.45) is 0 Å². The van der Waals surface area contributed by atoms with Crippen LogP contribution in [0.15, 0.2) is 0 Å². The quantitative estimate of drug-likeness (QED) is 0.743. The molecule has 0 aromatic carbocycles. The van der Waals surface area contributed by atoms with Crippen molar-refractivity contribution < 1.29 is 9.90 Å². The smallest absolute Gasteiger partial charge is 0.304 e. The maximum Gasteiger partial charge on any atom is 0.304 e. The fourth-order valence-electron chi connectivity index (χ4n) is 2.36. The largest absolute Gasteiger partial charge is 0.481 e. The highest BCUT2D eigenvalue weighted by Crippen LogP contribution is 2.15. The molecule has 1 rings (SSSR count). The summed E-state index contributed by atoms with van der Waals surface area (Å²) in [5.41, 5.74) is 0. The molecule has 16 heavy (non-hydrogen) atoms. The second-order valence-electron chi connectivity index (χ2n) is 4.72. The molecule has 0 aromatic rings. The summed E-state index contributed by atoms with van der Waals surface area (Å²) in [6, 6.07) is 0.541. The highest BCUT2D eigenvalue weighted by molar-refractivity contribution is 5.66. The number of likely N-dealkylation sites (N-methyl/N-ethyl adjacent to an activating group) is 1. The van der Waals surface area contributed by atoms with Gasteiger partial charge in [0, 0.05) is 19.1 Å². The molecule has 0 spiro atoms. The number of hydrogen-bond donors (Lipinski definition) is 1. The van der Waals surface area contributed by atoms with Crippen molar-refractivity contribution in [3.05, 3.63) is 0 Å². The van der Waals surface area contributed by atoms with Crippen LogP contribution in [0, 0.1) is 0 Å². The van der Waals surface area contributed by atoms with E-state index in [1.165, 1.54) is 32.4 Å². The highest BCUT2D eigenvalue weighted by Gasteiger charge is 2.22. The Balaban J connectivity index is 2.31. The molecule has 4 heteroatoms. The van der Waals surface area contributed by atoms with Gasteiger partial charge in [-0.2, -0.15) is 0 Å². The van der Waals surface area contributed by atoms with Crippen molar-refractivity contribution >= 4 is 5.97 Å². The van der Waals surface area contributed by atoms with Crippen LogP contribution in [0.5, 0.6) is 0 Å². The van der Waals surface area contributed by atoms with E-state index in [0.29, 0.717) is 12.6 Å². The zero-order valence-corrected chi connectivity index (χ0v) is 10.5. The van der Waals surface area contributed by atoms with Crippen LogP contribution in [-0.4, -0.2) is 60.1 Å². The summed E-state index contributed by atoms with van der Waals surface area (Å²) in [6.45, 7) is 6.35. The first-order valence-electron chi connectivity index (χ1n) is 6.28. The molecule has 1 aliphatic heterocycles. The Labute approximate surface area is 98.2 Å². The van der Waals surface area contributed by atoms with Crippen molar-refractivity contribution in [3.63, 3.8) is 0 Å². The molecule has 0 radical (unpaired) electrons. The number of aliphatic carboxylic acids is 1. The number of piperidine rings is 1. The molecule has 1 fully saturated rings. The molecule has 1 aliphatic rings. The monoisotopic (exact) mass is 228 g/mol. The zero-order chi connectivity index (χ0) is 12.0. The van der Waals surface area contributed by atoms with E-state index in [-0.39, 0.29) is 6.42 Å². The Morgan fingerprint density at radius 2 is 2.31 bits per heavy atom. The second kappa shape index (κ2) is 6.86. The lowest BCUT2D eigenvalue weighted by molar-refractivity contribution is -0.137. The normalized spacial score (nSPS) is 22.6. The van der Waals surface area contributed by atoms with Crippen LogP contribution in [-0.2, 0) is 4.79 Å². The molecular weight excluding hydrogens is 204 g/mol. The van der Waals surface area contributed by atoms with Gasteiger partial charge in [0.05, 0.1) is 6.42 Å². The lowest BCUT2D eigenvalue weighted by Crippen LogP contribution is -2.47. The summed E-state index contributed by atoms with van der Waals surface area (Å²) in [5, 5.41) is 8.66. The van der Waals surface area contributed by atoms with Crippen LogP contribution in [0.4, 0.5) is 0 Å². The summed E-state index contributed by atoms with van der Waals surface area (Å²) in [6.07, 6.45) is 3.89. The first-order valence-corrected chi connectivity index (χ1v) is 6.28. The molecule has 0 aromatic heterocycles. The number of carboxylic acids is 1. The van der Waals surface area contributed by atoms with E-state index in [9.17, 15) is 4.79 Å². The highest BCUT2D eigenvalue weighted by atomic mass is 16.4. The Morgan fingerprint density at radius 3 is 2.94 bits per heavy atom. The van der Waals surface area contributed by atoms with Gasteiger partial charge in [-0.05, 0) is 39.4 Å². The van der Waals surface area contributed by atoms with Crippen LogP contribution in [0.2, 0.25) is 0 Å². The number of carbonyl (C=O) groups is 1. The maximum atomic E-state index is 10.5. The number of likely N-dealkylation sites (tertiary alicyclic amines) is 1. The molecule has 0 bridgehead atoms. The first-order chi connectivity index (χ1) is 7.63. The van der Waals surface area contributed by atoms with Gasteiger partial charge in [0.2, 0.25) is 0 Å². The van der Waals surface area contributed by atoms with Gasteiger partial charge in [-0.1, -0.05) is 6.92 Å². The molecule has 0 saturated carbocycles. The van der Waals surface area contributed by atoms with Crippen molar-refractivity contribution in [1.29, 1.82) is 0 Å². The average Bonchev–Trinajstić information content (AvgIpc) is 2.26. The molecular formula is C12H24N2O2. The third-order valence-electron chi connectivity index (χ3n) is 3.32. The lowest BCUT2D eigenvalue weighted by atomic mass is 10.0. The predicted molar refractivity (Wildman–Crippen MR) is 64.6 cm³/mol. The summed E-state index contributed by atoms with van der Waals surface area (Å²) < 4.78 is 0. The molecule has 1 N–H and O–H groups in total. The fourth-order valence-corrected chi connectivity index (χ4v) is 2.36. The van der Waals surface area contributed by atoms with Gasteiger partial charge in [-0.25, -0.2) is 0 Å². The van der Waals surface area contributed by atoms with E-state index in [4.69, 9.17) is 5.11 Å². The zero-order valence-electron chi connectivity index (χ0n) is 10.5. The third kappa shape index (κ3) is 4.49. The molecule has 4 nitrogen and oxygen atoms in total. The van der Waals surface area contributed by atoms with Gasteiger partial charge in [0.1, 0.15) is 0 Å². The SMILES string of the molecule is CCCN1CCCC(N(C)CCC(=O)O)C1. The van der Waals surface area contributed by atoms with E-state index < -0.39 is 5.97 Å². The molecule has 1 unspecified atom stereocenters. The van der Waals surface area contributed by atoms with Gasteiger partial charge in [0.25, 0.3) is 0 Å². The minimum Gasteiger partial charge on any atom is -0.481 e. The van der Waals surface area contributed by atoms with Crippen LogP contribution < -0.4 is 0 Å². The maximum absolute atomic E-state index is 10.5. The van der Waals surface area contributed by atoms with E-state index in [0.717, 1.165) is 6.54 Å². The number of rotatable bonds is 6. The molecule has 0 amide bonds. The summed E-state index contributed by atoms with van der Waals surface area (Å²) in [7, 11) is 2.04. The van der Waals surface area contributed by atoms with Crippen LogP contribution >= 0.6 is 0 Å². The van der Waals surface area contributed by atoms with Gasteiger partial charge in [-0.15, -0.1) is 0 Å². The Morgan fingerprint density at radius 1 is 1.56 bits per heavy atom. The number of nitrogens with zero attached hydrogens (tertiary/aromatic N) is 2. The van der Waals surface area contributed by atoms with Gasteiger partial charge >= 0.3 is 5.97 Å². The summed E-state index contributed by atoms with van der Waals surface area (Å²) in [4.78, 5) is 15.2. The number of carboxylic acid groups (broad SMARTS) is 1. The number of hydrogen-bond acceptors (Lipinski definition) is 3. The minimum absolute atomic E-state index is 0.251. The van der Waals surface area contributed by atoms with Crippen molar-refractivity contribution in [2.45, 2.75) is 38.6 Å². The minimum atomic E-state index is -0.701. The van der Waals surface area contributed by atoms with Crippen molar-refractivity contribution in [1.82, 2.24) is 9.80 Å². The topological polar surface area (TPSA) is 43.8 Å². The molecule has 1 saturated heterocycles. The lowest BCUT2D eigenvalue weighted by Gasteiger charge is -2.37. The van der Waals surface area contributed by atoms with Gasteiger partial charge in [-0.3, -0.25) is 4.79 Å². The predicted octanol–water partition coefficient (Wildman–Crippen LogP) is 1.27. The molecule has 0 aliphatic carbocycles. The Kier molecular flexibility index (Phi) is 5.77. The standard InChI is InChI=1S/C12H24N2O2/c1-3-7-14-8-4-5-11(10-14)13(2)9-6-12(15)16/h11H,3-10H2,1-2H3,(H,15,16). The summed E-state index contributed by atoms with van der Waals surface area (Å²) in [5.74, 6) is -0.701. The van der Waals surface area contributed by atoms with E-state index in [1.54, 1.807) is 0 Å².